The molecule has 0 spiro atoms. The highest BCUT2D eigenvalue weighted by molar-refractivity contribution is 5.86. The molecule has 2 N–H and O–H groups in total. The van der Waals surface area contributed by atoms with Gasteiger partial charge in [0.05, 0.1) is 26.1 Å². The number of nitrogens with zero attached hydrogens (tertiary/aromatic N) is 7. The van der Waals surface area contributed by atoms with E-state index in [1.165, 1.54) is 0 Å². The van der Waals surface area contributed by atoms with Crippen LogP contribution in [0.15, 0.2) is 24.4 Å². The fourth-order valence-corrected chi connectivity index (χ4v) is 3.79. The number of halogens is 3. The number of nitrogens with two attached hydrogens (primary N) is 1. The summed E-state index contributed by atoms with van der Waals surface area (Å²) in [5.74, 6) is 2.23. The number of fused-ring (bicyclic) bond motifs is 1. The maximum atomic E-state index is 6.00. The number of piperazine rings is 1. The molecule has 3 heterocycles. The normalized spacial score (nSPS) is 13.6. The molecule has 0 bridgehead atoms. The van der Waals surface area contributed by atoms with E-state index in [-0.39, 0.29) is 43.2 Å². The van der Waals surface area contributed by atoms with Crippen LogP contribution in [0, 0.1) is 0 Å². The Balaban J connectivity index is 0.00000204. The lowest BCUT2D eigenvalue weighted by Crippen LogP contribution is -2.48. The number of anilines is 2. The summed E-state index contributed by atoms with van der Waals surface area (Å²) < 4.78 is 10.8. The molecule has 35 heavy (non-hydrogen) atoms. The number of hydrogen-bond acceptors (Lipinski definition) is 10. The Kier molecular flexibility index (Phi) is 12.0. The van der Waals surface area contributed by atoms with Crippen LogP contribution < -0.4 is 20.1 Å². The quantitative estimate of drug-likeness (QED) is 0.474. The molecular weight excluding hydrogens is 515 g/mol. The van der Waals surface area contributed by atoms with Gasteiger partial charge in [0.15, 0.2) is 28.5 Å². The Labute approximate surface area is 224 Å². The number of benzene rings is 1. The van der Waals surface area contributed by atoms with Gasteiger partial charge < -0.3 is 25.0 Å². The van der Waals surface area contributed by atoms with Crippen molar-refractivity contribution in [1.82, 2.24) is 29.7 Å². The molecule has 0 saturated carbocycles. The Morgan fingerprint density at radius 1 is 0.943 bits per heavy atom. The Morgan fingerprint density at radius 2 is 1.63 bits per heavy atom. The van der Waals surface area contributed by atoms with Crippen molar-refractivity contribution < 1.29 is 9.47 Å². The van der Waals surface area contributed by atoms with Crippen molar-refractivity contribution in [1.29, 1.82) is 0 Å². The average Bonchev–Trinajstić information content (AvgIpc) is 2.81. The van der Waals surface area contributed by atoms with E-state index in [4.69, 9.17) is 20.2 Å². The lowest BCUT2D eigenvalue weighted by atomic mass is 10.1. The van der Waals surface area contributed by atoms with E-state index in [9.17, 15) is 0 Å². The maximum absolute atomic E-state index is 6.00. The van der Waals surface area contributed by atoms with Crippen molar-refractivity contribution in [3.05, 3.63) is 24.4 Å². The van der Waals surface area contributed by atoms with Crippen LogP contribution in [0.25, 0.3) is 22.4 Å². The number of ether oxygens (including phenoxy) is 2. The zero-order valence-corrected chi connectivity index (χ0v) is 22.8. The van der Waals surface area contributed by atoms with E-state index in [0.29, 0.717) is 28.4 Å². The second-order valence-electron chi connectivity index (χ2n) is 8.03. The third-order valence-corrected chi connectivity index (χ3v) is 5.62. The molecule has 0 amide bonds. The van der Waals surface area contributed by atoms with Gasteiger partial charge in [0.2, 0.25) is 5.95 Å². The summed E-state index contributed by atoms with van der Waals surface area (Å²) in [4.78, 5) is 25.1. The van der Waals surface area contributed by atoms with Crippen LogP contribution in [0.4, 0.5) is 11.8 Å². The Morgan fingerprint density at radius 3 is 2.26 bits per heavy atom. The summed E-state index contributed by atoms with van der Waals surface area (Å²) in [6.45, 7) is 5.72. The molecule has 0 aliphatic carbocycles. The SMILES string of the molecule is COc1ccc(-c2cnc3nc(N)nc(N4CCN(CCN(C)C)CC4)c3n2)cc1OC.Cl.Cl.Cl. The molecule has 2 aromatic heterocycles. The van der Waals surface area contributed by atoms with Gasteiger partial charge in [-0.05, 0) is 32.3 Å². The van der Waals surface area contributed by atoms with E-state index in [1.807, 2.05) is 18.2 Å². The lowest BCUT2D eigenvalue weighted by molar-refractivity contribution is 0.229. The molecule has 1 fully saturated rings. The summed E-state index contributed by atoms with van der Waals surface area (Å²) in [6, 6.07) is 5.67. The summed E-state index contributed by atoms with van der Waals surface area (Å²) in [5.41, 5.74) is 8.71. The first-order valence-corrected chi connectivity index (χ1v) is 10.6. The van der Waals surface area contributed by atoms with Crippen LogP contribution in [0.5, 0.6) is 11.5 Å². The third kappa shape index (κ3) is 7.08. The minimum atomic E-state index is 0. The smallest absolute Gasteiger partial charge is 0.224 e. The van der Waals surface area contributed by atoms with E-state index in [2.05, 4.69) is 43.7 Å². The number of nitrogen functional groups attached to an aromatic ring is 1. The minimum absolute atomic E-state index is 0. The predicted octanol–water partition coefficient (Wildman–Crippen LogP) is 2.64. The molecule has 1 saturated heterocycles. The topological polar surface area (TPSA) is 106 Å². The molecular formula is C22H33Cl3N8O2. The molecule has 0 radical (unpaired) electrons. The first kappa shape index (κ1) is 30.7. The number of methoxy groups -OCH3 is 2. The van der Waals surface area contributed by atoms with Crippen molar-refractivity contribution >= 4 is 60.2 Å². The molecule has 1 aromatic carbocycles. The second kappa shape index (κ2) is 13.6. The molecule has 10 nitrogen and oxygen atoms in total. The van der Waals surface area contributed by atoms with Crippen LogP contribution in [0.3, 0.4) is 0 Å². The summed E-state index contributed by atoms with van der Waals surface area (Å²) in [6.07, 6.45) is 1.69. The van der Waals surface area contributed by atoms with Gasteiger partial charge in [0.1, 0.15) is 0 Å². The van der Waals surface area contributed by atoms with Crippen LogP contribution in [0.1, 0.15) is 0 Å². The van der Waals surface area contributed by atoms with E-state index in [0.717, 1.165) is 50.6 Å². The molecule has 194 valence electrons. The highest BCUT2D eigenvalue weighted by atomic mass is 35.5. The lowest BCUT2D eigenvalue weighted by Gasteiger charge is -2.36. The predicted molar refractivity (Wildman–Crippen MR) is 147 cm³/mol. The van der Waals surface area contributed by atoms with E-state index < -0.39 is 0 Å². The fourth-order valence-electron chi connectivity index (χ4n) is 3.79. The Bertz CT molecular complexity index is 1100. The molecule has 3 aromatic rings. The highest BCUT2D eigenvalue weighted by Crippen LogP contribution is 2.32. The molecule has 1 aliphatic heterocycles. The fraction of sp³-hybridized carbons (Fsp3) is 0.455. The van der Waals surface area contributed by atoms with Crippen molar-refractivity contribution in [2.45, 2.75) is 0 Å². The number of hydrogen-bond donors (Lipinski definition) is 1. The largest absolute Gasteiger partial charge is 0.493 e. The monoisotopic (exact) mass is 546 g/mol. The summed E-state index contributed by atoms with van der Waals surface area (Å²) in [5, 5.41) is 0. The van der Waals surface area contributed by atoms with Gasteiger partial charge in [-0.15, -0.1) is 37.2 Å². The van der Waals surface area contributed by atoms with Crippen LogP contribution in [-0.4, -0.2) is 97.3 Å². The van der Waals surface area contributed by atoms with Gasteiger partial charge >= 0.3 is 0 Å². The van der Waals surface area contributed by atoms with Gasteiger partial charge in [-0.25, -0.2) is 9.97 Å². The minimum Gasteiger partial charge on any atom is -0.493 e. The summed E-state index contributed by atoms with van der Waals surface area (Å²) in [7, 11) is 7.42. The average molecular weight is 548 g/mol. The van der Waals surface area contributed by atoms with E-state index >= 15 is 0 Å². The molecule has 0 atom stereocenters. The van der Waals surface area contributed by atoms with Crippen molar-refractivity contribution in [3.63, 3.8) is 0 Å². The van der Waals surface area contributed by atoms with Crippen molar-refractivity contribution in [2.75, 3.05) is 78.2 Å². The van der Waals surface area contributed by atoms with Gasteiger partial charge in [-0.1, -0.05) is 0 Å². The standard InChI is InChI=1S/C22H30N8O2.3ClH/c1-28(2)7-8-29-9-11-30(12-10-29)21-19-20(26-22(23)27-21)24-14-16(25-19)15-5-6-17(31-3)18(13-15)32-4;;;/h5-6,13-14H,7-12H2,1-4H3,(H2,23,24,26,27);3*1H. The van der Waals surface area contributed by atoms with Gasteiger partial charge in [0.25, 0.3) is 0 Å². The second-order valence-corrected chi connectivity index (χ2v) is 8.03. The Hall–Kier alpha value is -2.37. The van der Waals surface area contributed by atoms with Crippen LogP contribution in [-0.2, 0) is 0 Å². The number of aromatic nitrogens is 4. The van der Waals surface area contributed by atoms with E-state index in [1.54, 1.807) is 20.4 Å². The summed E-state index contributed by atoms with van der Waals surface area (Å²) >= 11 is 0. The third-order valence-electron chi connectivity index (χ3n) is 5.62. The highest BCUT2D eigenvalue weighted by Gasteiger charge is 2.22. The van der Waals surface area contributed by atoms with Crippen molar-refractivity contribution in [3.8, 4) is 22.8 Å². The van der Waals surface area contributed by atoms with Gasteiger partial charge in [-0.2, -0.15) is 9.97 Å². The first-order valence-electron chi connectivity index (χ1n) is 10.6. The maximum Gasteiger partial charge on any atom is 0.224 e. The number of likely N-dealkylation sites (N-methyl/N-ethyl adjacent to an activating group) is 1. The zero-order valence-electron chi connectivity index (χ0n) is 20.3. The molecule has 13 heteroatoms. The van der Waals surface area contributed by atoms with Gasteiger partial charge in [-0.3, -0.25) is 4.90 Å². The molecule has 0 unspecified atom stereocenters. The zero-order chi connectivity index (χ0) is 22.7. The van der Waals surface area contributed by atoms with Crippen LogP contribution >= 0.6 is 37.2 Å². The van der Waals surface area contributed by atoms with Crippen LogP contribution in [0.2, 0.25) is 0 Å². The molecule has 1 aliphatic rings. The first-order chi connectivity index (χ1) is 15.5. The van der Waals surface area contributed by atoms with Crippen molar-refractivity contribution in [2.24, 2.45) is 0 Å². The number of rotatable bonds is 7. The molecule has 4 rings (SSSR count). The van der Waals surface area contributed by atoms with Gasteiger partial charge in [0, 0.05) is 44.8 Å².